The number of pyridine rings is 1. The molecule has 0 amide bonds. The maximum atomic E-state index is 14.4. The second-order valence-corrected chi connectivity index (χ2v) is 11.3. The van der Waals surface area contributed by atoms with Gasteiger partial charge < -0.3 is 14.2 Å². The van der Waals surface area contributed by atoms with Crippen molar-refractivity contribution in [1.82, 2.24) is 15.1 Å². The van der Waals surface area contributed by atoms with Crippen LogP contribution in [-0.4, -0.2) is 49.0 Å². The van der Waals surface area contributed by atoms with Crippen LogP contribution in [0.1, 0.15) is 44.1 Å². The highest BCUT2D eigenvalue weighted by atomic mass is 32.2. The van der Waals surface area contributed by atoms with E-state index in [1.165, 1.54) is 12.1 Å². The lowest BCUT2D eigenvalue weighted by Gasteiger charge is -2.33. The second kappa shape index (κ2) is 8.65. The third-order valence-corrected chi connectivity index (χ3v) is 7.65. The summed E-state index contributed by atoms with van der Waals surface area (Å²) in [6.45, 7) is 5.73. The minimum Gasteiger partial charge on any atom is -0.488 e. The molecule has 1 saturated heterocycles. The van der Waals surface area contributed by atoms with Gasteiger partial charge in [-0.15, -0.1) is 0 Å². The molecule has 0 aliphatic carbocycles. The molecule has 5 rings (SSSR count). The van der Waals surface area contributed by atoms with E-state index in [-0.39, 0.29) is 16.9 Å². The molecule has 8 nitrogen and oxygen atoms in total. The van der Waals surface area contributed by atoms with E-state index < -0.39 is 15.7 Å². The van der Waals surface area contributed by atoms with Crippen molar-refractivity contribution >= 4 is 15.9 Å². The highest BCUT2D eigenvalue weighted by Gasteiger charge is 2.35. The van der Waals surface area contributed by atoms with E-state index in [1.54, 1.807) is 12.1 Å². The van der Waals surface area contributed by atoms with Crippen LogP contribution in [0.4, 0.5) is 10.4 Å². The smallest absolute Gasteiger partial charge is 0.324 e. The van der Waals surface area contributed by atoms with E-state index >= 15 is 0 Å². The largest absolute Gasteiger partial charge is 0.488 e. The fourth-order valence-corrected chi connectivity index (χ4v) is 5.30. The lowest BCUT2D eigenvalue weighted by atomic mass is 9.90. The van der Waals surface area contributed by atoms with Crippen LogP contribution in [0.2, 0.25) is 0 Å². The van der Waals surface area contributed by atoms with Gasteiger partial charge in [-0.25, -0.2) is 17.8 Å². The Labute approximate surface area is 198 Å². The average molecular weight is 487 g/mol. The summed E-state index contributed by atoms with van der Waals surface area (Å²) in [7, 11) is -3.62. The molecule has 2 aliphatic heterocycles. The summed E-state index contributed by atoms with van der Waals surface area (Å²) < 4.78 is 49.4. The number of benzene rings is 1. The van der Waals surface area contributed by atoms with Crippen molar-refractivity contribution in [3.63, 3.8) is 0 Å². The SMILES string of the molecule is CC(C)c1noc(N2CCC(C3Cc4nc(-c5ccc(S(C)(=O)=O)c(F)c5)ccc4O3)CC2)n1. The molecule has 1 fully saturated rings. The summed E-state index contributed by atoms with van der Waals surface area (Å²) in [5.41, 5.74) is 1.97. The van der Waals surface area contributed by atoms with E-state index in [0.717, 1.165) is 49.5 Å². The molecular formula is C24H27FN4O4S. The second-order valence-electron chi connectivity index (χ2n) is 9.33. The van der Waals surface area contributed by atoms with Crippen LogP contribution in [0.25, 0.3) is 11.3 Å². The van der Waals surface area contributed by atoms with E-state index in [4.69, 9.17) is 14.2 Å². The summed E-state index contributed by atoms with van der Waals surface area (Å²) in [5, 5.41) is 4.06. The Kier molecular flexibility index (Phi) is 5.79. The van der Waals surface area contributed by atoms with Gasteiger partial charge in [0, 0.05) is 37.2 Å². The fourth-order valence-electron chi connectivity index (χ4n) is 4.57. The van der Waals surface area contributed by atoms with Crippen LogP contribution in [0.3, 0.4) is 0 Å². The molecule has 2 aromatic heterocycles. The normalized spacial score (nSPS) is 18.9. The summed E-state index contributed by atoms with van der Waals surface area (Å²) in [5.74, 6) is 1.31. The van der Waals surface area contributed by atoms with Crippen molar-refractivity contribution in [2.45, 2.75) is 50.0 Å². The zero-order valence-corrected chi connectivity index (χ0v) is 20.2. The number of anilines is 1. The molecule has 1 atom stereocenters. The number of hydrogen-bond donors (Lipinski definition) is 0. The predicted molar refractivity (Wildman–Crippen MR) is 124 cm³/mol. The standard InChI is InChI=1S/C24H27FN4O4S/c1-14(2)23-27-24(33-28-23)29-10-8-15(9-11-29)21-13-19-20(32-21)6-5-18(26-19)16-4-7-22(17(25)12-16)34(3,30)31/h4-7,12,14-15,21H,8-11,13H2,1-3H3. The lowest BCUT2D eigenvalue weighted by Crippen LogP contribution is -2.39. The minimum atomic E-state index is -3.62. The Morgan fingerprint density at radius 3 is 2.53 bits per heavy atom. The molecule has 180 valence electrons. The van der Waals surface area contributed by atoms with Gasteiger partial charge in [0.1, 0.15) is 22.6 Å². The van der Waals surface area contributed by atoms with Gasteiger partial charge in [0.25, 0.3) is 0 Å². The van der Waals surface area contributed by atoms with Gasteiger partial charge in [0.2, 0.25) is 0 Å². The van der Waals surface area contributed by atoms with E-state index in [2.05, 4.69) is 15.0 Å². The topological polar surface area (TPSA) is 98.4 Å². The minimum absolute atomic E-state index is 0.0400. The van der Waals surface area contributed by atoms with Gasteiger partial charge in [0.15, 0.2) is 15.7 Å². The molecular weight excluding hydrogens is 459 g/mol. The first-order chi connectivity index (χ1) is 16.2. The Morgan fingerprint density at radius 1 is 1.12 bits per heavy atom. The number of hydrogen-bond acceptors (Lipinski definition) is 8. The summed E-state index contributed by atoms with van der Waals surface area (Å²) in [6.07, 6.45) is 3.62. The van der Waals surface area contributed by atoms with Crippen LogP contribution in [0.15, 0.2) is 39.8 Å². The van der Waals surface area contributed by atoms with Gasteiger partial charge in [-0.1, -0.05) is 25.1 Å². The number of piperidine rings is 1. The van der Waals surface area contributed by atoms with Crippen molar-refractivity contribution < 1.29 is 22.1 Å². The van der Waals surface area contributed by atoms with Crippen molar-refractivity contribution in [2.24, 2.45) is 5.92 Å². The molecule has 2 aliphatic rings. The molecule has 1 aromatic carbocycles. The average Bonchev–Trinajstić information content (AvgIpc) is 3.45. The van der Waals surface area contributed by atoms with Gasteiger partial charge >= 0.3 is 6.01 Å². The third-order valence-electron chi connectivity index (χ3n) is 6.52. The van der Waals surface area contributed by atoms with Crippen LogP contribution in [-0.2, 0) is 16.3 Å². The Morgan fingerprint density at radius 2 is 1.88 bits per heavy atom. The molecule has 0 spiro atoms. The number of aromatic nitrogens is 3. The number of sulfone groups is 1. The third kappa shape index (κ3) is 4.38. The number of rotatable bonds is 5. The molecule has 1 unspecified atom stereocenters. The van der Waals surface area contributed by atoms with Crippen molar-refractivity contribution in [3.8, 4) is 17.0 Å². The molecule has 0 radical (unpaired) electrons. The van der Waals surface area contributed by atoms with Crippen LogP contribution in [0.5, 0.6) is 5.75 Å². The summed E-state index contributed by atoms with van der Waals surface area (Å²) >= 11 is 0. The lowest BCUT2D eigenvalue weighted by molar-refractivity contribution is 0.137. The van der Waals surface area contributed by atoms with Gasteiger partial charge in [-0.2, -0.15) is 4.98 Å². The monoisotopic (exact) mass is 486 g/mol. The summed E-state index contributed by atoms with van der Waals surface area (Å²) in [4.78, 5) is 11.0. The fraction of sp³-hybridized carbons (Fsp3) is 0.458. The molecule has 3 aromatic rings. The maximum absolute atomic E-state index is 14.4. The highest BCUT2D eigenvalue weighted by molar-refractivity contribution is 7.90. The van der Waals surface area contributed by atoms with Crippen molar-refractivity contribution in [2.75, 3.05) is 24.2 Å². The van der Waals surface area contributed by atoms with E-state index in [0.29, 0.717) is 29.6 Å². The van der Waals surface area contributed by atoms with Crippen molar-refractivity contribution in [1.29, 1.82) is 0 Å². The molecule has 34 heavy (non-hydrogen) atoms. The first kappa shape index (κ1) is 22.8. The Hall–Kier alpha value is -3.01. The highest BCUT2D eigenvalue weighted by Crippen LogP contribution is 2.36. The van der Waals surface area contributed by atoms with Gasteiger partial charge in [-0.3, -0.25) is 0 Å². The zero-order valence-electron chi connectivity index (χ0n) is 19.4. The first-order valence-corrected chi connectivity index (χ1v) is 13.3. The summed E-state index contributed by atoms with van der Waals surface area (Å²) in [6, 6.07) is 8.31. The van der Waals surface area contributed by atoms with Crippen molar-refractivity contribution in [3.05, 3.63) is 47.7 Å². The van der Waals surface area contributed by atoms with Gasteiger partial charge in [0.05, 0.1) is 11.4 Å². The van der Waals surface area contributed by atoms with Crippen LogP contribution in [0, 0.1) is 11.7 Å². The first-order valence-electron chi connectivity index (χ1n) is 11.4. The predicted octanol–water partition coefficient (Wildman–Crippen LogP) is 4.02. The molecule has 0 N–H and O–H groups in total. The van der Waals surface area contributed by atoms with Gasteiger partial charge in [-0.05, 0) is 43.0 Å². The number of fused-ring (bicyclic) bond motifs is 1. The molecule has 0 saturated carbocycles. The molecule has 0 bridgehead atoms. The number of halogens is 1. The number of nitrogens with zero attached hydrogens (tertiary/aromatic N) is 4. The zero-order chi connectivity index (χ0) is 24.0. The quantitative estimate of drug-likeness (QED) is 0.533. The molecule has 4 heterocycles. The van der Waals surface area contributed by atoms with Crippen LogP contribution < -0.4 is 9.64 Å². The Bertz CT molecular complexity index is 1320. The van der Waals surface area contributed by atoms with Crippen LogP contribution >= 0.6 is 0 Å². The van der Waals surface area contributed by atoms with E-state index in [1.807, 2.05) is 19.9 Å². The Balaban J connectivity index is 1.25. The molecule has 10 heteroatoms. The van der Waals surface area contributed by atoms with E-state index in [9.17, 15) is 12.8 Å². The maximum Gasteiger partial charge on any atom is 0.324 e. The number of ether oxygens (including phenoxy) is 1.